The van der Waals surface area contributed by atoms with E-state index in [0.717, 1.165) is 26.2 Å². The molecule has 0 aliphatic heterocycles. The molecule has 0 bridgehead atoms. The Balaban J connectivity index is 2.29. The van der Waals surface area contributed by atoms with E-state index in [1.54, 1.807) is 0 Å². The van der Waals surface area contributed by atoms with Crippen LogP contribution in [0.5, 0.6) is 11.5 Å². The van der Waals surface area contributed by atoms with E-state index in [0.29, 0.717) is 6.54 Å². The van der Waals surface area contributed by atoms with Gasteiger partial charge in [0, 0.05) is 10.1 Å². The van der Waals surface area contributed by atoms with Crippen molar-refractivity contribution in [1.82, 2.24) is 0 Å². The van der Waals surface area contributed by atoms with E-state index in [-0.39, 0.29) is 0 Å². The molecule has 2 N–H and O–H groups in total. The van der Waals surface area contributed by atoms with Crippen molar-refractivity contribution in [2.45, 2.75) is 13.5 Å². The third kappa shape index (κ3) is 3.20. The predicted octanol–water partition coefficient (Wildman–Crippen LogP) is 3.85. The molecular formula is C14H14INO. The van der Waals surface area contributed by atoms with Crippen LogP contribution in [0.3, 0.4) is 0 Å². The van der Waals surface area contributed by atoms with Crippen molar-refractivity contribution in [2.24, 2.45) is 5.73 Å². The molecule has 17 heavy (non-hydrogen) atoms. The summed E-state index contributed by atoms with van der Waals surface area (Å²) in [5.74, 6) is 1.73. The van der Waals surface area contributed by atoms with E-state index >= 15 is 0 Å². The van der Waals surface area contributed by atoms with Crippen LogP contribution < -0.4 is 10.5 Å². The summed E-state index contributed by atoms with van der Waals surface area (Å²) in [5, 5.41) is 0. The van der Waals surface area contributed by atoms with Crippen LogP contribution in [-0.2, 0) is 6.54 Å². The Bertz CT molecular complexity index is 525. The zero-order valence-electron chi connectivity index (χ0n) is 9.61. The molecule has 2 aromatic rings. The number of halogens is 1. The largest absolute Gasteiger partial charge is 0.457 e. The fraction of sp³-hybridized carbons (Fsp3) is 0.143. The fourth-order valence-electron chi connectivity index (χ4n) is 1.54. The highest BCUT2D eigenvalue weighted by Gasteiger charge is 2.03. The van der Waals surface area contributed by atoms with Crippen LogP contribution in [0.4, 0.5) is 0 Å². The van der Waals surface area contributed by atoms with Crippen LogP contribution in [0, 0.1) is 10.5 Å². The minimum atomic E-state index is 0.531. The summed E-state index contributed by atoms with van der Waals surface area (Å²) in [6.07, 6.45) is 0. The number of rotatable bonds is 3. The molecule has 0 radical (unpaired) electrons. The van der Waals surface area contributed by atoms with Crippen LogP contribution in [0.15, 0.2) is 42.5 Å². The molecule has 0 amide bonds. The second kappa shape index (κ2) is 5.51. The van der Waals surface area contributed by atoms with Crippen LogP contribution >= 0.6 is 22.6 Å². The average molecular weight is 339 g/mol. The lowest BCUT2D eigenvalue weighted by atomic mass is 10.1. The maximum atomic E-state index is 5.87. The number of aryl methyl sites for hydroxylation is 1. The lowest BCUT2D eigenvalue weighted by Crippen LogP contribution is -1.97. The van der Waals surface area contributed by atoms with Crippen molar-refractivity contribution in [3.8, 4) is 11.5 Å². The second-order valence-electron chi connectivity index (χ2n) is 3.86. The molecule has 0 atom stereocenters. The quantitative estimate of drug-likeness (QED) is 0.862. The highest BCUT2D eigenvalue weighted by Crippen LogP contribution is 2.26. The highest BCUT2D eigenvalue weighted by atomic mass is 127. The lowest BCUT2D eigenvalue weighted by molar-refractivity contribution is 0.478. The van der Waals surface area contributed by atoms with Gasteiger partial charge in [0.2, 0.25) is 0 Å². The summed E-state index contributed by atoms with van der Waals surface area (Å²) in [6, 6.07) is 14.0. The van der Waals surface area contributed by atoms with Crippen LogP contribution in [-0.4, -0.2) is 0 Å². The first-order valence-corrected chi connectivity index (χ1v) is 6.50. The molecule has 3 heteroatoms. The van der Waals surface area contributed by atoms with Crippen LogP contribution in [0.2, 0.25) is 0 Å². The maximum Gasteiger partial charge on any atom is 0.130 e. The van der Waals surface area contributed by atoms with Gasteiger partial charge in [-0.25, -0.2) is 0 Å². The third-order valence-corrected chi connectivity index (χ3v) is 3.18. The van der Waals surface area contributed by atoms with Gasteiger partial charge in [-0.05, 0) is 64.9 Å². The molecule has 0 saturated carbocycles. The van der Waals surface area contributed by atoms with E-state index in [2.05, 4.69) is 22.6 Å². The van der Waals surface area contributed by atoms with Crippen molar-refractivity contribution < 1.29 is 4.74 Å². The van der Waals surface area contributed by atoms with Crippen molar-refractivity contribution in [3.05, 3.63) is 57.2 Å². The molecule has 0 heterocycles. The molecule has 0 aromatic heterocycles. The number of hydrogen-bond acceptors (Lipinski definition) is 2. The summed E-state index contributed by atoms with van der Waals surface area (Å²) >= 11 is 2.27. The summed E-state index contributed by atoms with van der Waals surface area (Å²) in [5.41, 5.74) is 7.82. The van der Waals surface area contributed by atoms with E-state index in [1.807, 2.05) is 49.4 Å². The first-order chi connectivity index (χ1) is 8.19. The van der Waals surface area contributed by atoms with E-state index < -0.39 is 0 Å². The van der Waals surface area contributed by atoms with Gasteiger partial charge >= 0.3 is 0 Å². The Morgan fingerprint density at radius 2 is 2.00 bits per heavy atom. The summed E-state index contributed by atoms with van der Waals surface area (Å²) in [4.78, 5) is 0. The first-order valence-electron chi connectivity index (χ1n) is 5.42. The monoisotopic (exact) mass is 339 g/mol. The van der Waals surface area contributed by atoms with Crippen molar-refractivity contribution >= 4 is 22.6 Å². The van der Waals surface area contributed by atoms with Crippen LogP contribution in [0.1, 0.15) is 11.1 Å². The first kappa shape index (κ1) is 12.4. The number of hydrogen-bond donors (Lipinski definition) is 1. The molecule has 0 unspecified atom stereocenters. The molecule has 0 saturated heterocycles. The molecule has 0 spiro atoms. The topological polar surface area (TPSA) is 35.2 Å². The molecule has 2 aromatic carbocycles. The Kier molecular flexibility index (Phi) is 4.02. The SMILES string of the molecule is Cc1ccc(CN)cc1Oc1cccc(I)c1. The van der Waals surface area contributed by atoms with E-state index in [1.165, 1.54) is 0 Å². The molecule has 0 fully saturated rings. The molecule has 88 valence electrons. The number of ether oxygens (including phenoxy) is 1. The Labute approximate surface area is 115 Å². The Morgan fingerprint density at radius 3 is 2.71 bits per heavy atom. The van der Waals surface area contributed by atoms with Gasteiger partial charge in [0.05, 0.1) is 0 Å². The van der Waals surface area contributed by atoms with E-state index in [4.69, 9.17) is 10.5 Å². The normalized spacial score (nSPS) is 10.3. The average Bonchev–Trinajstić information content (AvgIpc) is 2.32. The zero-order chi connectivity index (χ0) is 12.3. The standard InChI is InChI=1S/C14H14INO/c1-10-5-6-11(9-16)7-14(10)17-13-4-2-3-12(15)8-13/h2-8H,9,16H2,1H3. The maximum absolute atomic E-state index is 5.87. The van der Waals surface area contributed by atoms with Crippen molar-refractivity contribution in [1.29, 1.82) is 0 Å². The number of benzene rings is 2. The highest BCUT2D eigenvalue weighted by molar-refractivity contribution is 14.1. The van der Waals surface area contributed by atoms with Gasteiger partial charge in [-0.1, -0.05) is 18.2 Å². The summed E-state index contributed by atoms with van der Waals surface area (Å²) in [7, 11) is 0. The summed E-state index contributed by atoms with van der Waals surface area (Å²) in [6.45, 7) is 2.56. The van der Waals surface area contributed by atoms with Gasteiger partial charge in [0.1, 0.15) is 11.5 Å². The molecule has 0 aliphatic rings. The predicted molar refractivity (Wildman–Crippen MR) is 78.3 cm³/mol. The summed E-state index contributed by atoms with van der Waals surface area (Å²) < 4.78 is 7.03. The van der Waals surface area contributed by atoms with Gasteiger partial charge < -0.3 is 10.5 Å². The third-order valence-electron chi connectivity index (χ3n) is 2.51. The van der Waals surface area contributed by atoms with Crippen LogP contribution in [0.25, 0.3) is 0 Å². The fourth-order valence-corrected chi connectivity index (χ4v) is 2.05. The minimum absolute atomic E-state index is 0.531. The Morgan fingerprint density at radius 1 is 1.18 bits per heavy atom. The molecule has 0 aliphatic carbocycles. The van der Waals surface area contributed by atoms with Crippen molar-refractivity contribution in [3.63, 3.8) is 0 Å². The minimum Gasteiger partial charge on any atom is -0.457 e. The number of nitrogens with two attached hydrogens (primary N) is 1. The second-order valence-corrected chi connectivity index (χ2v) is 5.11. The Hall–Kier alpha value is -1.07. The van der Waals surface area contributed by atoms with E-state index in [9.17, 15) is 0 Å². The lowest BCUT2D eigenvalue weighted by Gasteiger charge is -2.10. The molecular weight excluding hydrogens is 325 g/mol. The van der Waals surface area contributed by atoms with Gasteiger partial charge in [-0.2, -0.15) is 0 Å². The smallest absolute Gasteiger partial charge is 0.130 e. The van der Waals surface area contributed by atoms with Crippen molar-refractivity contribution in [2.75, 3.05) is 0 Å². The zero-order valence-corrected chi connectivity index (χ0v) is 11.8. The molecule has 2 nitrogen and oxygen atoms in total. The van der Waals surface area contributed by atoms with Gasteiger partial charge in [-0.3, -0.25) is 0 Å². The molecule has 2 rings (SSSR count). The van der Waals surface area contributed by atoms with Gasteiger partial charge in [0.15, 0.2) is 0 Å². The van der Waals surface area contributed by atoms with Gasteiger partial charge in [-0.15, -0.1) is 0 Å². The van der Waals surface area contributed by atoms with Gasteiger partial charge in [0.25, 0.3) is 0 Å².